The summed E-state index contributed by atoms with van der Waals surface area (Å²) in [6, 6.07) is 10.9. The highest BCUT2D eigenvalue weighted by Gasteiger charge is 2.09. The molecule has 1 aromatic rings. The van der Waals surface area contributed by atoms with Crippen LogP contribution in [0.2, 0.25) is 0 Å². The van der Waals surface area contributed by atoms with Gasteiger partial charge in [-0.05, 0) is 30.7 Å². The first-order valence-electron chi connectivity index (χ1n) is 8.64. The van der Waals surface area contributed by atoms with Crippen molar-refractivity contribution in [3.8, 4) is 0 Å². The molecule has 0 heterocycles. The van der Waals surface area contributed by atoms with Crippen molar-refractivity contribution in [3.63, 3.8) is 0 Å². The van der Waals surface area contributed by atoms with E-state index >= 15 is 0 Å². The molecule has 0 aliphatic rings. The number of carboxylic acid groups (broad SMARTS) is 1. The zero-order chi connectivity index (χ0) is 16.0. The predicted octanol–water partition coefficient (Wildman–Crippen LogP) is 6.00. The molecule has 3 nitrogen and oxygen atoms in total. The van der Waals surface area contributed by atoms with Crippen molar-refractivity contribution in [1.29, 1.82) is 0 Å². The first kappa shape index (κ1) is 18.5. The fourth-order valence-electron chi connectivity index (χ4n) is 2.91. The third kappa shape index (κ3) is 8.71. The summed E-state index contributed by atoms with van der Waals surface area (Å²) in [4.78, 5) is 10.2. The Morgan fingerprint density at radius 3 is 2.27 bits per heavy atom. The van der Waals surface area contributed by atoms with Crippen molar-refractivity contribution in [2.45, 2.75) is 70.6 Å². The molecule has 0 aliphatic heterocycles. The van der Waals surface area contributed by atoms with Crippen molar-refractivity contribution < 1.29 is 14.6 Å². The maximum Gasteiger partial charge on any atom is 0.505 e. The van der Waals surface area contributed by atoms with Gasteiger partial charge in [0.05, 0.1) is 6.61 Å². The van der Waals surface area contributed by atoms with Crippen LogP contribution in [0, 0.1) is 0 Å². The van der Waals surface area contributed by atoms with Crippen LogP contribution in [0.5, 0.6) is 0 Å². The van der Waals surface area contributed by atoms with Crippen LogP contribution in [0.1, 0.15) is 76.2 Å². The van der Waals surface area contributed by atoms with Crippen molar-refractivity contribution in [2.24, 2.45) is 0 Å². The number of hydrogen-bond acceptors (Lipinski definition) is 2. The molecule has 1 unspecified atom stereocenters. The molecule has 0 amide bonds. The van der Waals surface area contributed by atoms with E-state index in [-0.39, 0.29) is 0 Å². The summed E-state index contributed by atoms with van der Waals surface area (Å²) in [5, 5.41) is 8.35. The predicted molar refractivity (Wildman–Crippen MR) is 90.4 cm³/mol. The van der Waals surface area contributed by atoms with Crippen LogP contribution in [0.15, 0.2) is 30.3 Å². The van der Waals surface area contributed by atoms with Gasteiger partial charge in [-0.15, -0.1) is 0 Å². The molecule has 1 N–H and O–H groups in total. The van der Waals surface area contributed by atoms with Gasteiger partial charge >= 0.3 is 6.16 Å². The van der Waals surface area contributed by atoms with Gasteiger partial charge in [0, 0.05) is 0 Å². The molecule has 0 spiro atoms. The number of hydrogen-bond donors (Lipinski definition) is 1. The Labute approximate surface area is 134 Å². The SMILES string of the molecule is CCCC(CCCCCCCCOC(=O)O)c1ccccc1. The quantitative estimate of drug-likeness (QED) is 0.381. The molecule has 1 aromatic carbocycles. The lowest BCUT2D eigenvalue weighted by molar-refractivity contribution is 0.0899. The van der Waals surface area contributed by atoms with Crippen LogP contribution in [0.25, 0.3) is 0 Å². The first-order valence-corrected chi connectivity index (χ1v) is 8.64. The summed E-state index contributed by atoms with van der Waals surface area (Å²) in [6.45, 7) is 2.59. The highest BCUT2D eigenvalue weighted by Crippen LogP contribution is 2.27. The smallest absolute Gasteiger partial charge is 0.450 e. The van der Waals surface area contributed by atoms with Gasteiger partial charge in [0.2, 0.25) is 0 Å². The number of carbonyl (C=O) groups is 1. The molecule has 0 saturated heterocycles. The van der Waals surface area contributed by atoms with E-state index in [1.165, 1.54) is 50.5 Å². The average Bonchev–Trinajstić information content (AvgIpc) is 2.52. The monoisotopic (exact) mass is 306 g/mol. The summed E-state index contributed by atoms with van der Waals surface area (Å²) in [6.07, 6.45) is 9.49. The minimum Gasteiger partial charge on any atom is -0.450 e. The summed E-state index contributed by atoms with van der Waals surface area (Å²) in [7, 11) is 0. The molecular formula is C19H30O3. The van der Waals surface area contributed by atoms with E-state index in [0.717, 1.165) is 12.8 Å². The number of benzene rings is 1. The average molecular weight is 306 g/mol. The third-order valence-electron chi connectivity index (χ3n) is 4.08. The largest absolute Gasteiger partial charge is 0.505 e. The molecule has 1 rings (SSSR count). The van der Waals surface area contributed by atoms with E-state index < -0.39 is 6.16 Å². The number of unbranched alkanes of at least 4 members (excludes halogenated alkanes) is 5. The van der Waals surface area contributed by atoms with Crippen molar-refractivity contribution in [2.75, 3.05) is 6.61 Å². The fraction of sp³-hybridized carbons (Fsp3) is 0.632. The van der Waals surface area contributed by atoms with Crippen molar-refractivity contribution >= 4 is 6.16 Å². The van der Waals surface area contributed by atoms with Gasteiger partial charge in [-0.3, -0.25) is 0 Å². The second-order valence-corrected chi connectivity index (χ2v) is 5.92. The summed E-state index contributed by atoms with van der Waals surface area (Å²) < 4.78 is 4.49. The Kier molecular flexibility index (Phi) is 10.2. The minimum absolute atomic E-state index is 0.335. The van der Waals surface area contributed by atoms with E-state index in [2.05, 4.69) is 42.0 Å². The Morgan fingerprint density at radius 1 is 1.00 bits per heavy atom. The maximum absolute atomic E-state index is 10.2. The zero-order valence-electron chi connectivity index (χ0n) is 13.8. The second kappa shape index (κ2) is 12.1. The lowest BCUT2D eigenvalue weighted by atomic mass is 9.89. The van der Waals surface area contributed by atoms with Crippen LogP contribution < -0.4 is 0 Å². The van der Waals surface area contributed by atoms with Gasteiger partial charge < -0.3 is 9.84 Å². The van der Waals surface area contributed by atoms with E-state index in [0.29, 0.717) is 12.5 Å². The molecule has 124 valence electrons. The molecular weight excluding hydrogens is 276 g/mol. The van der Waals surface area contributed by atoms with Gasteiger partial charge in [-0.1, -0.05) is 75.8 Å². The Balaban J connectivity index is 2.08. The molecule has 0 aliphatic carbocycles. The van der Waals surface area contributed by atoms with Crippen LogP contribution in [-0.2, 0) is 4.74 Å². The lowest BCUT2D eigenvalue weighted by Gasteiger charge is -2.16. The van der Waals surface area contributed by atoms with E-state index in [9.17, 15) is 4.79 Å². The molecule has 1 atom stereocenters. The topological polar surface area (TPSA) is 46.5 Å². The van der Waals surface area contributed by atoms with Gasteiger partial charge in [0.15, 0.2) is 0 Å². The van der Waals surface area contributed by atoms with Gasteiger partial charge in [-0.25, -0.2) is 4.79 Å². The maximum atomic E-state index is 10.2. The highest BCUT2D eigenvalue weighted by molar-refractivity contribution is 5.56. The Bertz CT molecular complexity index is 389. The second-order valence-electron chi connectivity index (χ2n) is 5.92. The fourth-order valence-corrected chi connectivity index (χ4v) is 2.91. The third-order valence-corrected chi connectivity index (χ3v) is 4.08. The van der Waals surface area contributed by atoms with Gasteiger partial charge in [-0.2, -0.15) is 0 Å². The van der Waals surface area contributed by atoms with Crippen LogP contribution in [0.4, 0.5) is 4.79 Å². The van der Waals surface area contributed by atoms with Crippen molar-refractivity contribution in [3.05, 3.63) is 35.9 Å². The van der Waals surface area contributed by atoms with E-state index in [1.807, 2.05) is 0 Å². The number of rotatable bonds is 12. The summed E-state index contributed by atoms with van der Waals surface area (Å²) >= 11 is 0. The summed E-state index contributed by atoms with van der Waals surface area (Å²) in [5.74, 6) is 0.704. The van der Waals surface area contributed by atoms with Gasteiger partial charge in [0.25, 0.3) is 0 Å². The van der Waals surface area contributed by atoms with Crippen molar-refractivity contribution in [1.82, 2.24) is 0 Å². The Morgan fingerprint density at radius 2 is 1.64 bits per heavy atom. The van der Waals surface area contributed by atoms with Crippen LogP contribution >= 0.6 is 0 Å². The minimum atomic E-state index is -1.16. The molecule has 22 heavy (non-hydrogen) atoms. The summed E-state index contributed by atoms with van der Waals surface area (Å²) in [5.41, 5.74) is 1.48. The lowest BCUT2D eigenvalue weighted by Crippen LogP contribution is -2.01. The number of ether oxygens (including phenoxy) is 1. The van der Waals surface area contributed by atoms with Crippen LogP contribution in [0.3, 0.4) is 0 Å². The molecule has 0 aromatic heterocycles. The zero-order valence-corrected chi connectivity index (χ0v) is 13.8. The highest BCUT2D eigenvalue weighted by atomic mass is 16.7. The molecule has 0 saturated carbocycles. The van der Waals surface area contributed by atoms with E-state index in [4.69, 9.17) is 5.11 Å². The Hall–Kier alpha value is -1.51. The molecule has 0 radical (unpaired) electrons. The van der Waals surface area contributed by atoms with Crippen LogP contribution in [-0.4, -0.2) is 17.9 Å². The molecule has 0 bridgehead atoms. The standard InChI is InChI=1S/C19H30O3/c1-2-12-17(18-14-9-7-10-15-18)13-8-5-3-4-6-11-16-22-19(20)21/h7,9-10,14-15,17H,2-6,8,11-13,16H2,1H3,(H,20,21). The normalized spacial score (nSPS) is 12.0. The first-order chi connectivity index (χ1) is 10.7. The van der Waals surface area contributed by atoms with E-state index in [1.54, 1.807) is 0 Å². The molecule has 0 fully saturated rings. The van der Waals surface area contributed by atoms with Gasteiger partial charge in [0.1, 0.15) is 0 Å². The molecule has 3 heteroatoms.